The second kappa shape index (κ2) is 7.34. The molecule has 7 heteroatoms. The summed E-state index contributed by atoms with van der Waals surface area (Å²) in [6, 6.07) is 5.25. The van der Waals surface area contributed by atoms with Crippen LogP contribution >= 0.6 is 15.9 Å². The fourth-order valence-electron chi connectivity index (χ4n) is 3.14. The number of rotatable bonds is 4. The molecule has 1 aliphatic rings. The summed E-state index contributed by atoms with van der Waals surface area (Å²) < 4.78 is 14.7. The van der Waals surface area contributed by atoms with Gasteiger partial charge in [0.25, 0.3) is 0 Å². The number of halogens is 2. The van der Waals surface area contributed by atoms with Gasteiger partial charge in [0.05, 0.1) is 5.69 Å². The molecule has 1 fully saturated rings. The predicted octanol–water partition coefficient (Wildman–Crippen LogP) is 4.47. The average Bonchev–Trinajstić information content (AvgIpc) is 2.59. The Morgan fingerprint density at radius 3 is 2.96 bits per heavy atom. The van der Waals surface area contributed by atoms with E-state index in [4.69, 9.17) is 5.73 Å². The maximum Gasteiger partial charge on any atom is 0.159 e. The third-order valence-electron chi connectivity index (χ3n) is 4.42. The third kappa shape index (κ3) is 3.45. The van der Waals surface area contributed by atoms with Gasteiger partial charge in [-0.1, -0.05) is 22.9 Å². The van der Waals surface area contributed by atoms with Crippen LogP contribution in [0.1, 0.15) is 32.6 Å². The summed E-state index contributed by atoms with van der Waals surface area (Å²) >= 11 is 3.25. The van der Waals surface area contributed by atoms with Gasteiger partial charge in [-0.15, -0.1) is 0 Å². The molecule has 0 radical (unpaired) electrons. The van der Waals surface area contributed by atoms with Crippen LogP contribution in [0.5, 0.6) is 0 Å². The number of anilines is 4. The summed E-state index contributed by atoms with van der Waals surface area (Å²) in [5.74, 6) is 0.798. The van der Waals surface area contributed by atoms with Crippen LogP contribution in [0.2, 0.25) is 0 Å². The minimum Gasteiger partial charge on any atom is -0.393 e. The van der Waals surface area contributed by atoms with Crippen molar-refractivity contribution in [3.8, 4) is 0 Å². The second-order valence-electron chi connectivity index (χ2n) is 5.96. The van der Waals surface area contributed by atoms with Gasteiger partial charge in [-0.05, 0) is 43.9 Å². The highest BCUT2D eigenvalue weighted by atomic mass is 79.9. The third-order valence-corrected chi connectivity index (χ3v) is 4.91. The molecule has 0 bridgehead atoms. The number of aromatic nitrogens is 2. The van der Waals surface area contributed by atoms with E-state index >= 15 is 0 Å². The largest absolute Gasteiger partial charge is 0.393 e. The maximum atomic E-state index is 14.1. The Labute approximate surface area is 149 Å². The van der Waals surface area contributed by atoms with E-state index in [1.54, 1.807) is 12.1 Å². The van der Waals surface area contributed by atoms with Gasteiger partial charge in [-0.25, -0.2) is 14.4 Å². The first kappa shape index (κ1) is 17.0. The van der Waals surface area contributed by atoms with Crippen LogP contribution < -0.4 is 16.0 Å². The summed E-state index contributed by atoms with van der Waals surface area (Å²) in [5.41, 5.74) is 7.09. The molecule has 24 heavy (non-hydrogen) atoms. The Balaban J connectivity index is 1.90. The van der Waals surface area contributed by atoms with Crippen LogP contribution in [0.25, 0.3) is 0 Å². The van der Waals surface area contributed by atoms with Crippen molar-refractivity contribution in [3.05, 3.63) is 34.8 Å². The molecule has 2 heterocycles. The number of hydrogen-bond acceptors (Lipinski definition) is 5. The molecule has 2 aromatic rings. The molecule has 1 aliphatic heterocycles. The van der Waals surface area contributed by atoms with Crippen molar-refractivity contribution in [1.29, 1.82) is 0 Å². The van der Waals surface area contributed by atoms with E-state index in [0.717, 1.165) is 31.6 Å². The highest BCUT2D eigenvalue weighted by Gasteiger charge is 2.25. The lowest BCUT2D eigenvalue weighted by Gasteiger charge is -2.36. The van der Waals surface area contributed by atoms with Gasteiger partial charge in [0.1, 0.15) is 17.8 Å². The van der Waals surface area contributed by atoms with E-state index in [9.17, 15) is 4.39 Å². The molecule has 1 aromatic heterocycles. The second-order valence-corrected chi connectivity index (χ2v) is 6.88. The number of nitrogens with zero attached hydrogens (tertiary/aromatic N) is 3. The first-order valence-electron chi connectivity index (χ1n) is 8.19. The smallest absolute Gasteiger partial charge is 0.159 e. The predicted molar refractivity (Wildman–Crippen MR) is 99.1 cm³/mol. The topological polar surface area (TPSA) is 67.1 Å². The van der Waals surface area contributed by atoms with Crippen molar-refractivity contribution in [1.82, 2.24) is 9.97 Å². The minimum atomic E-state index is -0.367. The summed E-state index contributed by atoms with van der Waals surface area (Å²) in [5, 5.41) is 2.98. The van der Waals surface area contributed by atoms with Crippen molar-refractivity contribution in [2.75, 3.05) is 22.5 Å². The lowest BCUT2D eigenvalue weighted by Crippen LogP contribution is -2.40. The van der Waals surface area contributed by atoms with E-state index < -0.39 is 0 Å². The van der Waals surface area contributed by atoms with Gasteiger partial charge in [0.15, 0.2) is 11.6 Å². The number of nitrogen functional groups attached to an aromatic ring is 1. The number of piperidine rings is 1. The maximum absolute atomic E-state index is 14.1. The highest BCUT2D eigenvalue weighted by Crippen LogP contribution is 2.33. The van der Waals surface area contributed by atoms with E-state index in [1.807, 2.05) is 0 Å². The fraction of sp³-hybridized carbons (Fsp3) is 0.412. The van der Waals surface area contributed by atoms with Gasteiger partial charge in [0.2, 0.25) is 0 Å². The summed E-state index contributed by atoms with van der Waals surface area (Å²) in [6.07, 6.45) is 6.03. The van der Waals surface area contributed by atoms with Gasteiger partial charge in [-0.3, -0.25) is 0 Å². The zero-order valence-electron chi connectivity index (χ0n) is 13.6. The van der Waals surface area contributed by atoms with Gasteiger partial charge >= 0.3 is 0 Å². The molecule has 1 atom stereocenters. The number of nitrogens with two attached hydrogens (primary N) is 1. The Kier molecular flexibility index (Phi) is 5.18. The first-order chi connectivity index (χ1) is 11.6. The molecule has 5 nitrogen and oxygen atoms in total. The van der Waals surface area contributed by atoms with Gasteiger partial charge < -0.3 is 16.0 Å². The molecule has 128 valence electrons. The molecular formula is C17H21BrFN5. The van der Waals surface area contributed by atoms with Crippen LogP contribution in [-0.4, -0.2) is 22.6 Å². The molecule has 1 unspecified atom stereocenters. The van der Waals surface area contributed by atoms with E-state index in [2.05, 4.69) is 43.0 Å². The molecular weight excluding hydrogens is 373 g/mol. The van der Waals surface area contributed by atoms with Crippen molar-refractivity contribution >= 4 is 38.9 Å². The standard InChI is InChI=1S/C17H21BrFN5/c1-2-12-5-3-4-8-24(12)17-15(20)16(21-10-22-17)23-14-7-6-11(18)9-13(14)19/h6-7,9-10,12H,2-5,8,20H2,1H3,(H,21,22,23). The molecule has 0 saturated carbocycles. The Morgan fingerprint density at radius 2 is 2.21 bits per heavy atom. The van der Waals surface area contributed by atoms with Crippen LogP contribution in [0.15, 0.2) is 29.0 Å². The molecule has 0 aliphatic carbocycles. The van der Waals surface area contributed by atoms with Crippen LogP contribution in [-0.2, 0) is 0 Å². The molecule has 1 aromatic carbocycles. The number of benzene rings is 1. The normalized spacial score (nSPS) is 17.8. The Morgan fingerprint density at radius 1 is 1.38 bits per heavy atom. The van der Waals surface area contributed by atoms with Crippen LogP contribution in [0.4, 0.5) is 27.4 Å². The summed E-state index contributed by atoms with van der Waals surface area (Å²) in [7, 11) is 0. The summed E-state index contributed by atoms with van der Waals surface area (Å²) in [4.78, 5) is 10.8. The highest BCUT2D eigenvalue weighted by molar-refractivity contribution is 9.10. The molecule has 3 rings (SSSR count). The molecule has 0 spiro atoms. The summed E-state index contributed by atoms with van der Waals surface area (Å²) in [6.45, 7) is 3.11. The van der Waals surface area contributed by atoms with Crippen molar-refractivity contribution in [2.24, 2.45) is 0 Å². The fourth-order valence-corrected chi connectivity index (χ4v) is 3.47. The number of nitrogens with one attached hydrogen (secondary N) is 1. The van der Waals surface area contributed by atoms with E-state index in [1.165, 1.54) is 18.8 Å². The molecule has 1 saturated heterocycles. The monoisotopic (exact) mass is 393 g/mol. The average molecular weight is 394 g/mol. The van der Waals surface area contributed by atoms with E-state index in [-0.39, 0.29) is 5.82 Å². The Hall–Kier alpha value is -1.89. The lowest BCUT2D eigenvalue weighted by molar-refractivity contribution is 0.447. The Bertz CT molecular complexity index is 724. The lowest BCUT2D eigenvalue weighted by atomic mass is 10.00. The SMILES string of the molecule is CCC1CCCCN1c1ncnc(Nc2ccc(Br)cc2F)c1N. The minimum absolute atomic E-state index is 0.334. The van der Waals surface area contributed by atoms with Crippen LogP contribution in [0, 0.1) is 5.82 Å². The zero-order chi connectivity index (χ0) is 17.1. The van der Waals surface area contributed by atoms with E-state index in [0.29, 0.717) is 27.7 Å². The van der Waals surface area contributed by atoms with Crippen molar-refractivity contribution in [2.45, 2.75) is 38.6 Å². The number of hydrogen-bond donors (Lipinski definition) is 2. The van der Waals surface area contributed by atoms with Crippen molar-refractivity contribution < 1.29 is 4.39 Å². The zero-order valence-corrected chi connectivity index (χ0v) is 15.2. The quantitative estimate of drug-likeness (QED) is 0.801. The van der Waals surface area contributed by atoms with Gasteiger partial charge in [0, 0.05) is 17.1 Å². The molecule has 3 N–H and O–H groups in total. The van der Waals surface area contributed by atoms with Crippen LogP contribution in [0.3, 0.4) is 0 Å². The van der Waals surface area contributed by atoms with Gasteiger partial charge in [-0.2, -0.15) is 0 Å². The first-order valence-corrected chi connectivity index (χ1v) is 8.98. The van der Waals surface area contributed by atoms with Crippen molar-refractivity contribution in [3.63, 3.8) is 0 Å². The molecule has 0 amide bonds.